The average molecular weight is 406 g/mol. The molecule has 4 nitrogen and oxygen atoms in total. The van der Waals surface area contributed by atoms with Crippen molar-refractivity contribution in [3.05, 3.63) is 101 Å². The molecule has 0 saturated carbocycles. The van der Waals surface area contributed by atoms with E-state index in [2.05, 4.69) is 0 Å². The predicted octanol–water partition coefficient (Wildman–Crippen LogP) is 5.05. The topological polar surface area (TPSA) is 54.5 Å². The molecule has 0 aromatic heterocycles. The third-order valence-corrected chi connectivity index (χ3v) is 6.50. The zero-order chi connectivity index (χ0) is 21.0. The molecule has 0 spiro atoms. The van der Waals surface area contributed by atoms with Gasteiger partial charge >= 0.3 is 0 Å². The van der Waals surface area contributed by atoms with Gasteiger partial charge in [-0.25, -0.2) is 8.42 Å². The van der Waals surface area contributed by atoms with Gasteiger partial charge in [0.1, 0.15) is 0 Å². The SMILES string of the molecule is Cc1ccc(/C=C/C(=O)N(c2cccc(C)c2C)S(=O)(=O)c2ccccc2)cc1. The van der Waals surface area contributed by atoms with Crippen molar-refractivity contribution in [3.63, 3.8) is 0 Å². The number of anilines is 1. The van der Waals surface area contributed by atoms with Crippen LogP contribution in [0.3, 0.4) is 0 Å². The van der Waals surface area contributed by atoms with Gasteiger partial charge in [0.2, 0.25) is 0 Å². The van der Waals surface area contributed by atoms with E-state index in [-0.39, 0.29) is 4.90 Å². The number of hydrogen-bond acceptors (Lipinski definition) is 3. The molecule has 0 atom stereocenters. The molecule has 5 heteroatoms. The summed E-state index contributed by atoms with van der Waals surface area (Å²) in [6, 6.07) is 20.9. The Morgan fingerprint density at radius 3 is 2.14 bits per heavy atom. The summed E-state index contributed by atoms with van der Waals surface area (Å²) >= 11 is 0. The molecular weight excluding hydrogens is 382 g/mol. The van der Waals surface area contributed by atoms with Gasteiger partial charge in [-0.15, -0.1) is 0 Å². The van der Waals surface area contributed by atoms with Crippen LogP contribution < -0.4 is 4.31 Å². The van der Waals surface area contributed by atoms with Crippen molar-refractivity contribution in [1.82, 2.24) is 0 Å². The molecular formula is C24H23NO3S. The minimum atomic E-state index is -4.07. The molecule has 0 radical (unpaired) electrons. The Kier molecular flexibility index (Phi) is 5.99. The average Bonchev–Trinajstić information content (AvgIpc) is 2.71. The smallest absolute Gasteiger partial charge is 0.268 e. The number of rotatable bonds is 5. The second-order valence-corrected chi connectivity index (χ2v) is 8.67. The maximum atomic E-state index is 13.4. The lowest BCUT2D eigenvalue weighted by molar-refractivity contribution is -0.113. The highest BCUT2D eigenvalue weighted by molar-refractivity contribution is 7.93. The molecule has 0 fully saturated rings. The van der Waals surface area contributed by atoms with E-state index in [0.717, 1.165) is 26.6 Å². The Balaban J connectivity index is 2.09. The normalized spacial score (nSPS) is 11.6. The summed E-state index contributed by atoms with van der Waals surface area (Å²) in [5, 5.41) is 0. The molecule has 148 valence electrons. The van der Waals surface area contributed by atoms with E-state index in [0.29, 0.717) is 5.69 Å². The van der Waals surface area contributed by atoms with Gasteiger partial charge in [-0.1, -0.05) is 60.2 Å². The summed E-state index contributed by atoms with van der Waals surface area (Å²) in [6.07, 6.45) is 2.92. The molecule has 3 aromatic rings. The zero-order valence-corrected chi connectivity index (χ0v) is 17.5. The standard InChI is InChI=1S/C24H23NO3S/c1-18-12-14-21(15-13-18)16-17-24(26)25(23-11-7-8-19(2)20(23)3)29(27,28)22-9-5-4-6-10-22/h4-17H,1-3H3/b17-16+. The lowest BCUT2D eigenvalue weighted by atomic mass is 10.1. The van der Waals surface area contributed by atoms with Crippen molar-refractivity contribution in [1.29, 1.82) is 0 Å². The number of carbonyl (C=O) groups excluding carboxylic acids is 1. The van der Waals surface area contributed by atoms with E-state index in [9.17, 15) is 13.2 Å². The van der Waals surface area contributed by atoms with Gasteiger partial charge in [0, 0.05) is 6.08 Å². The fraction of sp³-hybridized carbons (Fsp3) is 0.125. The summed E-state index contributed by atoms with van der Waals surface area (Å²) < 4.78 is 27.6. The highest BCUT2D eigenvalue weighted by Gasteiger charge is 2.30. The first kappa shape index (κ1) is 20.6. The molecule has 1 amide bonds. The number of benzene rings is 3. The summed E-state index contributed by atoms with van der Waals surface area (Å²) in [7, 11) is -4.07. The summed E-state index contributed by atoms with van der Waals surface area (Å²) in [5.74, 6) is -0.622. The van der Waals surface area contributed by atoms with Crippen molar-refractivity contribution in [2.24, 2.45) is 0 Å². The van der Waals surface area contributed by atoms with E-state index >= 15 is 0 Å². The van der Waals surface area contributed by atoms with E-state index in [1.807, 2.05) is 51.1 Å². The highest BCUT2D eigenvalue weighted by atomic mass is 32.2. The van der Waals surface area contributed by atoms with Gasteiger partial charge in [0.05, 0.1) is 10.6 Å². The number of aryl methyl sites for hydroxylation is 2. The largest absolute Gasteiger partial charge is 0.271 e. The monoisotopic (exact) mass is 405 g/mol. The van der Waals surface area contributed by atoms with Crippen molar-refractivity contribution in [2.75, 3.05) is 4.31 Å². The molecule has 0 saturated heterocycles. The van der Waals surface area contributed by atoms with E-state index in [4.69, 9.17) is 0 Å². The highest BCUT2D eigenvalue weighted by Crippen LogP contribution is 2.29. The van der Waals surface area contributed by atoms with Crippen LogP contribution in [0.15, 0.2) is 83.8 Å². The van der Waals surface area contributed by atoms with Gasteiger partial charge in [-0.05, 0) is 61.7 Å². The van der Waals surface area contributed by atoms with E-state index < -0.39 is 15.9 Å². The van der Waals surface area contributed by atoms with Crippen LogP contribution in [0.4, 0.5) is 5.69 Å². The van der Waals surface area contributed by atoms with Crippen LogP contribution in [-0.4, -0.2) is 14.3 Å². The molecule has 3 aromatic carbocycles. The van der Waals surface area contributed by atoms with Crippen LogP contribution in [0.5, 0.6) is 0 Å². The molecule has 0 aliphatic heterocycles. The minimum Gasteiger partial charge on any atom is -0.268 e. The first-order chi connectivity index (χ1) is 13.8. The summed E-state index contributed by atoms with van der Waals surface area (Å²) in [5.41, 5.74) is 3.93. The molecule has 0 aliphatic rings. The molecule has 3 rings (SSSR count). The predicted molar refractivity (Wildman–Crippen MR) is 117 cm³/mol. The first-order valence-electron chi connectivity index (χ1n) is 9.26. The van der Waals surface area contributed by atoms with Crippen molar-refractivity contribution < 1.29 is 13.2 Å². The number of hydrogen-bond donors (Lipinski definition) is 0. The minimum absolute atomic E-state index is 0.0676. The van der Waals surface area contributed by atoms with Crippen molar-refractivity contribution >= 4 is 27.7 Å². The van der Waals surface area contributed by atoms with Gasteiger partial charge in [0.25, 0.3) is 15.9 Å². The Hall–Kier alpha value is -3.18. The lowest BCUT2D eigenvalue weighted by Crippen LogP contribution is -2.36. The molecule has 29 heavy (non-hydrogen) atoms. The maximum absolute atomic E-state index is 13.4. The third kappa shape index (κ3) is 4.46. The lowest BCUT2D eigenvalue weighted by Gasteiger charge is -2.24. The Morgan fingerprint density at radius 1 is 0.828 bits per heavy atom. The van der Waals surface area contributed by atoms with Crippen LogP contribution >= 0.6 is 0 Å². The van der Waals surface area contributed by atoms with Crippen LogP contribution in [0.1, 0.15) is 22.3 Å². The second kappa shape index (κ2) is 8.45. The third-order valence-electron chi connectivity index (χ3n) is 4.77. The Bertz CT molecular complexity index is 1150. The fourth-order valence-electron chi connectivity index (χ4n) is 2.93. The molecule has 0 bridgehead atoms. The van der Waals surface area contributed by atoms with Crippen LogP contribution in [0, 0.1) is 20.8 Å². The fourth-order valence-corrected chi connectivity index (χ4v) is 4.40. The van der Waals surface area contributed by atoms with Crippen LogP contribution in [0.2, 0.25) is 0 Å². The van der Waals surface area contributed by atoms with Crippen molar-refractivity contribution in [3.8, 4) is 0 Å². The first-order valence-corrected chi connectivity index (χ1v) is 10.7. The molecule has 0 heterocycles. The van der Waals surface area contributed by atoms with E-state index in [1.54, 1.807) is 36.4 Å². The van der Waals surface area contributed by atoms with E-state index in [1.165, 1.54) is 18.2 Å². The zero-order valence-electron chi connectivity index (χ0n) is 16.7. The van der Waals surface area contributed by atoms with Gasteiger partial charge < -0.3 is 0 Å². The maximum Gasteiger partial charge on any atom is 0.271 e. The molecule has 0 unspecified atom stereocenters. The van der Waals surface area contributed by atoms with Crippen LogP contribution in [0.25, 0.3) is 6.08 Å². The van der Waals surface area contributed by atoms with Gasteiger partial charge in [0.15, 0.2) is 0 Å². The van der Waals surface area contributed by atoms with Gasteiger partial charge in [-0.3, -0.25) is 4.79 Å². The van der Waals surface area contributed by atoms with Crippen LogP contribution in [-0.2, 0) is 14.8 Å². The summed E-state index contributed by atoms with van der Waals surface area (Å²) in [6.45, 7) is 5.68. The Labute approximate surface area is 172 Å². The molecule has 0 N–H and O–H groups in total. The number of nitrogens with zero attached hydrogens (tertiary/aromatic N) is 1. The quantitative estimate of drug-likeness (QED) is 0.558. The van der Waals surface area contributed by atoms with Gasteiger partial charge in [-0.2, -0.15) is 4.31 Å². The van der Waals surface area contributed by atoms with Crippen molar-refractivity contribution in [2.45, 2.75) is 25.7 Å². The number of carbonyl (C=O) groups is 1. The molecule has 0 aliphatic carbocycles. The Morgan fingerprint density at radius 2 is 1.48 bits per heavy atom. The number of amides is 1. The number of sulfonamides is 1. The summed E-state index contributed by atoms with van der Waals surface area (Å²) in [4.78, 5) is 13.2. The second-order valence-electron chi connectivity index (χ2n) is 6.88.